The maximum atomic E-state index is 12.2. The second-order valence-electron chi connectivity index (χ2n) is 7.05. The predicted molar refractivity (Wildman–Crippen MR) is 90.6 cm³/mol. The number of pyridine rings is 1. The van der Waals surface area contributed by atoms with E-state index in [4.69, 9.17) is 0 Å². The van der Waals surface area contributed by atoms with Gasteiger partial charge in [0, 0.05) is 43.9 Å². The first-order valence-electron chi connectivity index (χ1n) is 8.82. The average molecular weight is 328 g/mol. The van der Waals surface area contributed by atoms with Crippen molar-refractivity contribution >= 4 is 11.7 Å². The van der Waals surface area contributed by atoms with E-state index in [2.05, 4.69) is 15.6 Å². The van der Waals surface area contributed by atoms with Crippen molar-refractivity contribution in [3.05, 3.63) is 36.3 Å². The lowest BCUT2D eigenvalue weighted by molar-refractivity contribution is 0.144. The number of rotatable bonds is 5. The van der Waals surface area contributed by atoms with Crippen LogP contribution < -0.4 is 10.6 Å². The van der Waals surface area contributed by atoms with Crippen molar-refractivity contribution in [3.63, 3.8) is 0 Å². The van der Waals surface area contributed by atoms with Gasteiger partial charge >= 0.3 is 6.03 Å². The Balaban J connectivity index is 1.27. The third-order valence-corrected chi connectivity index (χ3v) is 5.68. The molecule has 24 heavy (non-hydrogen) atoms. The van der Waals surface area contributed by atoms with Gasteiger partial charge in [0.15, 0.2) is 0 Å². The molecule has 6 nitrogen and oxygen atoms in total. The van der Waals surface area contributed by atoms with Crippen molar-refractivity contribution in [2.45, 2.75) is 31.7 Å². The van der Waals surface area contributed by atoms with E-state index >= 15 is 0 Å². The summed E-state index contributed by atoms with van der Waals surface area (Å²) in [5.74, 6) is 1.35. The molecule has 2 saturated carbocycles. The number of carbonyl (C=O) groups excluding carboxylic acids is 1. The third-order valence-electron chi connectivity index (χ3n) is 5.68. The van der Waals surface area contributed by atoms with E-state index in [9.17, 15) is 9.90 Å². The summed E-state index contributed by atoms with van der Waals surface area (Å²) in [5, 5.41) is 15.6. The fourth-order valence-electron chi connectivity index (χ4n) is 4.51. The maximum Gasteiger partial charge on any atom is 0.315 e. The van der Waals surface area contributed by atoms with Gasteiger partial charge in [0.1, 0.15) is 5.65 Å². The molecule has 128 valence electrons. The minimum Gasteiger partial charge on any atom is -0.396 e. The summed E-state index contributed by atoms with van der Waals surface area (Å²) >= 11 is 0. The average Bonchev–Trinajstić information content (AvgIpc) is 3.28. The van der Waals surface area contributed by atoms with Gasteiger partial charge in [0.05, 0.1) is 5.69 Å². The first kappa shape index (κ1) is 15.4. The maximum absolute atomic E-state index is 12.2. The van der Waals surface area contributed by atoms with Gasteiger partial charge in [-0.2, -0.15) is 0 Å². The second kappa shape index (κ2) is 6.43. The van der Waals surface area contributed by atoms with Crippen LogP contribution in [-0.4, -0.2) is 39.7 Å². The minimum absolute atomic E-state index is 0.129. The Labute approximate surface area is 141 Å². The number of urea groups is 1. The van der Waals surface area contributed by atoms with Crippen LogP contribution in [0.25, 0.3) is 5.65 Å². The van der Waals surface area contributed by atoms with Crippen LogP contribution in [0.4, 0.5) is 4.79 Å². The number of fused-ring (bicyclic) bond motifs is 3. The second-order valence-corrected chi connectivity index (χ2v) is 7.05. The molecule has 4 rings (SSSR count). The van der Waals surface area contributed by atoms with E-state index in [1.165, 1.54) is 12.8 Å². The van der Waals surface area contributed by atoms with Crippen molar-refractivity contribution in [3.8, 4) is 0 Å². The zero-order chi connectivity index (χ0) is 16.5. The van der Waals surface area contributed by atoms with Gasteiger partial charge in [-0.3, -0.25) is 0 Å². The Bertz CT molecular complexity index is 696. The van der Waals surface area contributed by atoms with Crippen molar-refractivity contribution in [1.29, 1.82) is 0 Å². The summed E-state index contributed by atoms with van der Waals surface area (Å²) in [5.41, 5.74) is 1.89. The molecule has 0 saturated heterocycles. The summed E-state index contributed by atoms with van der Waals surface area (Å²) < 4.78 is 1.98. The van der Waals surface area contributed by atoms with Crippen LogP contribution in [0.5, 0.6) is 0 Å². The number of nitrogens with zero attached hydrogens (tertiary/aromatic N) is 2. The number of amides is 2. The molecule has 2 amide bonds. The Morgan fingerprint density at radius 3 is 3.04 bits per heavy atom. The van der Waals surface area contributed by atoms with E-state index < -0.39 is 0 Å². The van der Waals surface area contributed by atoms with Gasteiger partial charge in [0.2, 0.25) is 0 Å². The first-order chi connectivity index (χ1) is 11.7. The van der Waals surface area contributed by atoms with E-state index in [1.807, 2.05) is 35.0 Å². The summed E-state index contributed by atoms with van der Waals surface area (Å²) in [4.78, 5) is 16.7. The quantitative estimate of drug-likeness (QED) is 0.780. The topological polar surface area (TPSA) is 78.7 Å². The highest BCUT2D eigenvalue weighted by molar-refractivity contribution is 5.74. The molecule has 4 atom stereocenters. The summed E-state index contributed by atoms with van der Waals surface area (Å²) in [7, 11) is 0. The summed E-state index contributed by atoms with van der Waals surface area (Å²) in [6.45, 7) is 0.730. The van der Waals surface area contributed by atoms with Crippen LogP contribution in [0.3, 0.4) is 0 Å². The smallest absolute Gasteiger partial charge is 0.315 e. The normalized spacial score (nSPS) is 28.4. The fraction of sp³-hybridized carbons (Fsp3) is 0.556. The number of imidazole rings is 1. The third kappa shape index (κ3) is 2.86. The molecule has 2 heterocycles. The number of aliphatic hydroxyl groups excluding tert-OH is 1. The highest BCUT2D eigenvalue weighted by Crippen LogP contribution is 2.48. The molecule has 0 spiro atoms. The molecule has 2 aliphatic carbocycles. The molecule has 6 heteroatoms. The van der Waals surface area contributed by atoms with Crippen LogP contribution >= 0.6 is 0 Å². The number of aromatic nitrogens is 2. The standard InChI is InChI=1S/C18H24N4O2/c23-11-15-12-4-5-13(9-12)17(15)21-18(24)19-7-6-14-10-22-8-2-1-3-16(22)20-14/h1-3,8,10,12-13,15,17,23H,4-7,9,11H2,(H2,19,21,24). The molecule has 2 aromatic heterocycles. The molecule has 2 aliphatic rings. The molecule has 0 radical (unpaired) electrons. The van der Waals surface area contributed by atoms with Crippen LogP contribution in [-0.2, 0) is 6.42 Å². The number of carbonyl (C=O) groups is 1. The number of aliphatic hydroxyl groups is 1. The van der Waals surface area contributed by atoms with E-state index in [0.717, 1.165) is 17.8 Å². The van der Waals surface area contributed by atoms with Gasteiger partial charge in [0.25, 0.3) is 0 Å². The Hall–Kier alpha value is -2.08. The van der Waals surface area contributed by atoms with Gasteiger partial charge in [-0.25, -0.2) is 9.78 Å². The minimum atomic E-state index is -0.130. The van der Waals surface area contributed by atoms with Gasteiger partial charge in [-0.1, -0.05) is 6.07 Å². The molecule has 2 bridgehead atoms. The number of hydrogen-bond donors (Lipinski definition) is 3. The summed E-state index contributed by atoms with van der Waals surface area (Å²) in [6, 6.07) is 5.90. The molecule has 2 aromatic rings. The van der Waals surface area contributed by atoms with E-state index in [-0.39, 0.29) is 24.6 Å². The van der Waals surface area contributed by atoms with Crippen molar-refractivity contribution in [2.24, 2.45) is 17.8 Å². The highest BCUT2D eigenvalue weighted by atomic mass is 16.3. The van der Waals surface area contributed by atoms with Crippen LogP contribution in [0.2, 0.25) is 0 Å². The molecular weight excluding hydrogens is 304 g/mol. The zero-order valence-corrected chi connectivity index (χ0v) is 13.7. The SMILES string of the molecule is O=C(NCCc1cn2ccccc2n1)NC1C2CCC(C2)C1CO. The Kier molecular flexibility index (Phi) is 4.14. The molecule has 3 N–H and O–H groups in total. The predicted octanol–water partition coefficient (Wildman–Crippen LogP) is 1.58. The van der Waals surface area contributed by atoms with Crippen molar-refractivity contribution in [1.82, 2.24) is 20.0 Å². The number of nitrogens with one attached hydrogen (secondary N) is 2. The van der Waals surface area contributed by atoms with Gasteiger partial charge < -0.3 is 20.1 Å². The van der Waals surface area contributed by atoms with Crippen molar-refractivity contribution in [2.75, 3.05) is 13.2 Å². The van der Waals surface area contributed by atoms with Crippen molar-refractivity contribution < 1.29 is 9.90 Å². The molecule has 0 aromatic carbocycles. The zero-order valence-electron chi connectivity index (χ0n) is 13.7. The molecule has 0 aliphatic heterocycles. The largest absolute Gasteiger partial charge is 0.396 e. The van der Waals surface area contributed by atoms with Crippen LogP contribution in [0.15, 0.2) is 30.6 Å². The lowest BCUT2D eigenvalue weighted by atomic mass is 9.85. The number of hydrogen-bond acceptors (Lipinski definition) is 3. The van der Waals surface area contributed by atoms with Gasteiger partial charge in [-0.15, -0.1) is 0 Å². The molecule has 2 fully saturated rings. The lowest BCUT2D eigenvalue weighted by Crippen LogP contribution is -2.49. The van der Waals surface area contributed by atoms with E-state index in [0.29, 0.717) is 24.8 Å². The first-order valence-corrected chi connectivity index (χ1v) is 8.82. The lowest BCUT2D eigenvalue weighted by Gasteiger charge is -2.30. The van der Waals surface area contributed by atoms with E-state index in [1.54, 1.807) is 0 Å². The Morgan fingerprint density at radius 2 is 2.21 bits per heavy atom. The highest BCUT2D eigenvalue weighted by Gasteiger charge is 2.47. The summed E-state index contributed by atoms with van der Waals surface area (Å²) in [6.07, 6.45) is 8.19. The van der Waals surface area contributed by atoms with Crippen LogP contribution in [0.1, 0.15) is 25.0 Å². The van der Waals surface area contributed by atoms with Crippen LogP contribution in [0, 0.1) is 17.8 Å². The van der Waals surface area contributed by atoms with Gasteiger partial charge in [-0.05, 0) is 43.2 Å². The fourth-order valence-corrected chi connectivity index (χ4v) is 4.51. The molecular formula is C18H24N4O2. The molecule has 4 unspecified atom stereocenters. The Morgan fingerprint density at radius 1 is 1.33 bits per heavy atom. The monoisotopic (exact) mass is 328 g/mol.